The normalized spacial score (nSPS) is 42.0. The predicted octanol–water partition coefficient (Wildman–Crippen LogP) is 2.65. The van der Waals surface area contributed by atoms with Crippen LogP contribution in [0.5, 0.6) is 0 Å². The van der Waals surface area contributed by atoms with Crippen molar-refractivity contribution in [3.05, 3.63) is 35.6 Å². The van der Waals surface area contributed by atoms with E-state index in [0.717, 1.165) is 24.8 Å². The van der Waals surface area contributed by atoms with Crippen molar-refractivity contribution < 1.29 is 24.9 Å². The zero-order chi connectivity index (χ0) is 18.4. The zero-order valence-corrected chi connectivity index (χ0v) is 15.0. The van der Waals surface area contributed by atoms with E-state index in [1.54, 1.807) is 6.08 Å². The summed E-state index contributed by atoms with van der Waals surface area (Å²) in [6, 6.07) is 0. The molecule has 2 saturated carbocycles. The molecular weight excluding hydrogens is 320 g/mol. The first-order valence-corrected chi connectivity index (χ1v) is 8.98. The van der Waals surface area contributed by atoms with Crippen LogP contribution in [0.25, 0.3) is 0 Å². The SMILES string of the molecule is C=C1CCC2C(C)(CO)C(O)CCC2(C)C1C(O)=CC1=CCOC1=O. The van der Waals surface area contributed by atoms with Gasteiger partial charge < -0.3 is 20.1 Å². The standard InChI is InChI=1S/C20H28O5/c1-12-4-5-15-19(2,8-6-16(23)20(15,3)11-21)17(12)14(22)10-13-7-9-25-18(13)24/h7,10,15-17,21-23H,1,4-6,8-9,11H2,2-3H3. The number of hydrogen-bond acceptors (Lipinski definition) is 5. The lowest BCUT2D eigenvalue weighted by Gasteiger charge is -2.59. The van der Waals surface area contributed by atoms with Crippen molar-refractivity contribution in [3.8, 4) is 0 Å². The van der Waals surface area contributed by atoms with E-state index in [0.29, 0.717) is 12.0 Å². The quantitative estimate of drug-likeness (QED) is 0.415. The number of rotatable bonds is 3. The zero-order valence-electron chi connectivity index (χ0n) is 15.0. The second-order valence-electron chi connectivity index (χ2n) is 8.23. The van der Waals surface area contributed by atoms with Crippen molar-refractivity contribution in [1.82, 2.24) is 0 Å². The maximum absolute atomic E-state index is 11.7. The number of hydrogen-bond donors (Lipinski definition) is 3. The molecule has 0 spiro atoms. The summed E-state index contributed by atoms with van der Waals surface area (Å²) in [4.78, 5) is 11.7. The Bertz CT molecular complexity index is 648. The van der Waals surface area contributed by atoms with E-state index in [4.69, 9.17) is 4.74 Å². The van der Waals surface area contributed by atoms with Crippen LogP contribution in [0, 0.1) is 22.7 Å². The average Bonchev–Trinajstić information content (AvgIpc) is 2.96. The Morgan fingerprint density at radius 2 is 2.16 bits per heavy atom. The van der Waals surface area contributed by atoms with Gasteiger partial charge in [0.1, 0.15) is 12.4 Å². The molecule has 5 nitrogen and oxygen atoms in total. The van der Waals surface area contributed by atoms with Crippen LogP contribution >= 0.6 is 0 Å². The fourth-order valence-corrected chi connectivity index (χ4v) is 5.38. The monoisotopic (exact) mass is 348 g/mol. The number of carbonyl (C=O) groups excluding carboxylic acids is 1. The third-order valence-electron chi connectivity index (χ3n) is 6.82. The summed E-state index contributed by atoms with van der Waals surface area (Å²) in [6.45, 7) is 8.37. The minimum absolute atomic E-state index is 0.0595. The molecule has 3 aliphatic rings. The molecular formula is C20H28O5. The van der Waals surface area contributed by atoms with E-state index in [1.807, 2.05) is 6.92 Å². The fourth-order valence-electron chi connectivity index (χ4n) is 5.38. The number of ether oxygens (including phenoxy) is 1. The molecule has 0 aromatic carbocycles. The summed E-state index contributed by atoms with van der Waals surface area (Å²) in [5.74, 6) is -0.531. The summed E-state index contributed by atoms with van der Waals surface area (Å²) in [6.07, 6.45) is 5.48. The highest BCUT2D eigenvalue weighted by molar-refractivity contribution is 5.93. The summed E-state index contributed by atoms with van der Waals surface area (Å²) in [5, 5.41) is 31.4. The molecule has 0 aromatic heterocycles. The lowest BCUT2D eigenvalue weighted by atomic mass is 9.46. The second kappa shape index (κ2) is 6.29. The fraction of sp³-hybridized carbons (Fsp3) is 0.650. The summed E-state index contributed by atoms with van der Waals surface area (Å²) in [7, 11) is 0. The molecule has 25 heavy (non-hydrogen) atoms. The number of aliphatic hydroxyl groups is 3. The highest BCUT2D eigenvalue weighted by atomic mass is 16.5. The number of cyclic esters (lactones) is 1. The molecule has 2 aliphatic carbocycles. The molecule has 3 rings (SSSR count). The number of fused-ring (bicyclic) bond motifs is 1. The molecule has 0 bridgehead atoms. The molecule has 138 valence electrons. The third kappa shape index (κ3) is 2.74. The first-order chi connectivity index (χ1) is 11.7. The largest absolute Gasteiger partial charge is 0.512 e. The highest BCUT2D eigenvalue weighted by Gasteiger charge is 2.58. The van der Waals surface area contributed by atoms with Gasteiger partial charge in [-0.15, -0.1) is 0 Å². The Morgan fingerprint density at radius 3 is 2.76 bits per heavy atom. The minimum atomic E-state index is -0.599. The molecule has 0 radical (unpaired) electrons. The lowest BCUT2D eigenvalue weighted by Crippen LogP contribution is -2.57. The number of esters is 1. The van der Waals surface area contributed by atoms with E-state index in [-0.39, 0.29) is 36.2 Å². The van der Waals surface area contributed by atoms with Gasteiger partial charge in [-0.25, -0.2) is 4.79 Å². The molecule has 1 aliphatic heterocycles. The van der Waals surface area contributed by atoms with Crippen molar-refractivity contribution >= 4 is 5.97 Å². The van der Waals surface area contributed by atoms with Crippen LogP contribution in [0.2, 0.25) is 0 Å². The smallest absolute Gasteiger partial charge is 0.338 e. The van der Waals surface area contributed by atoms with E-state index in [2.05, 4.69) is 13.5 Å². The first-order valence-electron chi connectivity index (χ1n) is 8.98. The first kappa shape index (κ1) is 18.2. The van der Waals surface area contributed by atoms with E-state index in [9.17, 15) is 20.1 Å². The molecule has 0 amide bonds. The molecule has 2 fully saturated rings. The van der Waals surface area contributed by atoms with Gasteiger partial charge in [-0.1, -0.05) is 26.0 Å². The average molecular weight is 348 g/mol. The summed E-state index contributed by atoms with van der Waals surface area (Å²) >= 11 is 0. The number of carbonyl (C=O) groups is 1. The lowest BCUT2D eigenvalue weighted by molar-refractivity contribution is -0.150. The summed E-state index contributed by atoms with van der Waals surface area (Å²) < 4.78 is 4.90. The van der Waals surface area contributed by atoms with Crippen LogP contribution in [0.15, 0.2) is 35.6 Å². The maximum atomic E-state index is 11.7. The molecule has 5 atom stereocenters. The highest BCUT2D eigenvalue weighted by Crippen LogP contribution is 2.62. The van der Waals surface area contributed by atoms with Crippen molar-refractivity contribution in [1.29, 1.82) is 0 Å². The second-order valence-corrected chi connectivity index (χ2v) is 8.23. The topological polar surface area (TPSA) is 87.0 Å². The van der Waals surface area contributed by atoms with Gasteiger partial charge in [-0.2, -0.15) is 0 Å². The Kier molecular flexibility index (Phi) is 4.58. The van der Waals surface area contributed by atoms with Crippen LogP contribution in [0.3, 0.4) is 0 Å². The van der Waals surface area contributed by atoms with Crippen LogP contribution in [-0.2, 0) is 9.53 Å². The predicted molar refractivity (Wildman–Crippen MR) is 93.6 cm³/mol. The molecule has 0 saturated heterocycles. The van der Waals surface area contributed by atoms with Crippen molar-refractivity contribution in [3.63, 3.8) is 0 Å². The van der Waals surface area contributed by atoms with Gasteiger partial charge in [0.05, 0.1) is 18.3 Å². The molecule has 3 N–H and O–H groups in total. The van der Waals surface area contributed by atoms with Crippen molar-refractivity contribution in [2.75, 3.05) is 13.2 Å². The van der Waals surface area contributed by atoms with Gasteiger partial charge in [0.2, 0.25) is 0 Å². The Hall–Kier alpha value is -1.59. The van der Waals surface area contributed by atoms with Gasteiger partial charge in [0, 0.05) is 11.3 Å². The van der Waals surface area contributed by atoms with Gasteiger partial charge >= 0.3 is 5.97 Å². The van der Waals surface area contributed by atoms with Gasteiger partial charge in [-0.05, 0) is 49.2 Å². The molecule has 5 unspecified atom stereocenters. The van der Waals surface area contributed by atoms with E-state index < -0.39 is 17.5 Å². The third-order valence-corrected chi connectivity index (χ3v) is 6.82. The maximum Gasteiger partial charge on any atom is 0.338 e. The minimum Gasteiger partial charge on any atom is -0.512 e. The Morgan fingerprint density at radius 1 is 1.44 bits per heavy atom. The Balaban J connectivity index is 1.99. The van der Waals surface area contributed by atoms with Crippen LogP contribution < -0.4 is 0 Å². The van der Waals surface area contributed by atoms with Gasteiger partial charge in [-0.3, -0.25) is 0 Å². The van der Waals surface area contributed by atoms with E-state index >= 15 is 0 Å². The van der Waals surface area contributed by atoms with Gasteiger partial charge in [0.25, 0.3) is 0 Å². The van der Waals surface area contributed by atoms with Gasteiger partial charge in [0.15, 0.2) is 0 Å². The van der Waals surface area contributed by atoms with E-state index in [1.165, 1.54) is 6.08 Å². The Labute approximate surface area is 148 Å². The van der Waals surface area contributed by atoms with Crippen molar-refractivity contribution in [2.24, 2.45) is 22.7 Å². The van der Waals surface area contributed by atoms with Crippen molar-refractivity contribution in [2.45, 2.75) is 45.6 Å². The van der Waals surface area contributed by atoms with Crippen LogP contribution in [-0.4, -0.2) is 40.6 Å². The summed E-state index contributed by atoms with van der Waals surface area (Å²) in [5.41, 5.74) is 0.390. The molecule has 1 heterocycles. The van der Waals surface area contributed by atoms with Crippen LogP contribution in [0.4, 0.5) is 0 Å². The number of aliphatic hydroxyl groups excluding tert-OH is 3. The molecule has 0 aromatic rings. The number of allylic oxidation sites excluding steroid dienone is 1. The molecule has 5 heteroatoms. The van der Waals surface area contributed by atoms with Crippen LogP contribution in [0.1, 0.15) is 39.5 Å².